The Morgan fingerprint density at radius 2 is 2.18 bits per heavy atom. The van der Waals surface area contributed by atoms with E-state index < -0.39 is 17.9 Å². The van der Waals surface area contributed by atoms with Crippen molar-refractivity contribution in [2.45, 2.75) is 37.7 Å². The molecule has 1 atom stereocenters. The van der Waals surface area contributed by atoms with Crippen LogP contribution in [0.25, 0.3) is 0 Å². The first-order chi connectivity index (χ1) is 10.5. The van der Waals surface area contributed by atoms with Crippen LogP contribution >= 0.6 is 11.8 Å². The van der Waals surface area contributed by atoms with Crippen LogP contribution < -0.4 is 5.32 Å². The minimum atomic E-state index is -0.645. The monoisotopic (exact) mass is 322 g/mol. The molecule has 1 unspecified atom stereocenters. The number of aliphatic hydroxyl groups is 1. The fourth-order valence-electron chi connectivity index (χ4n) is 2.29. The second-order valence-electron chi connectivity index (χ2n) is 5.63. The Labute approximate surface area is 135 Å². The van der Waals surface area contributed by atoms with Crippen LogP contribution in [0.4, 0.5) is 5.69 Å². The van der Waals surface area contributed by atoms with Gasteiger partial charge in [0.05, 0.1) is 6.10 Å². The summed E-state index contributed by atoms with van der Waals surface area (Å²) in [5.74, 6) is -0.360. The van der Waals surface area contributed by atoms with Gasteiger partial charge in [-0.05, 0) is 43.7 Å². The first kappa shape index (κ1) is 16.8. The summed E-state index contributed by atoms with van der Waals surface area (Å²) in [7, 11) is 0. The molecule has 0 bridgehead atoms. The van der Waals surface area contributed by atoms with Gasteiger partial charge in [0.1, 0.15) is 0 Å². The Hall–Kier alpha value is -1.53. The van der Waals surface area contributed by atoms with Gasteiger partial charge in [-0.15, -0.1) is 0 Å². The van der Waals surface area contributed by atoms with Crippen molar-refractivity contribution in [3.05, 3.63) is 29.8 Å². The standard InChI is InChI=1S/C16H22N2O3S/c1-11(19)9-18(14-6-7-14)16(21)15(20)17-13-5-3-4-12(8-13)10-22-2/h3-5,8,11,14,19H,6-7,9-10H2,1-2H3,(H,17,20). The van der Waals surface area contributed by atoms with E-state index in [1.165, 1.54) is 4.90 Å². The summed E-state index contributed by atoms with van der Waals surface area (Å²) in [6.07, 6.45) is 3.17. The van der Waals surface area contributed by atoms with Crippen LogP contribution in [0, 0.1) is 0 Å². The van der Waals surface area contributed by atoms with Gasteiger partial charge >= 0.3 is 11.8 Å². The second kappa shape index (κ2) is 7.65. The zero-order valence-corrected chi connectivity index (χ0v) is 13.7. The molecule has 120 valence electrons. The molecule has 0 heterocycles. The fourth-order valence-corrected chi connectivity index (χ4v) is 2.80. The lowest BCUT2D eigenvalue weighted by atomic mass is 10.2. The summed E-state index contributed by atoms with van der Waals surface area (Å²) >= 11 is 1.70. The van der Waals surface area contributed by atoms with Crippen molar-refractivity contribution in [2.75, 3.05) is 18.1 Å². The molecule has 6 heteroatoms. The Kier molecular flexibility index (Phi) is 5.85. The number of aliphatic hydroxyl groups excluding tert-OH is 1. The van der Waals surface area contributed by atoms with Gasteiger partial charge in [0.25, 0.3) is 0 Å². The molecule has 2 rings (SSSR count). The van der Waals surface area contributed by atoms with Crippen LogP contribution in [0.3, 0.4) is 0 Å². The predicted octanol–water partition coefficient (Wildman–Crippen LogP) is 1.86. The molecule has 2 N–H and O–H groups in total. The van der Waals surface area contributed by atoms with E-state index in [4.69, 9.17) is 0 Å². The average Bonchev–Trinajstić information content (AvgIpc) is 3.29. The van der Waals surface area contributed by atoms with Gasteiger partial charge in [0.2, 0.25) is 0 Å². The van der Waals surface area contributed by atoms with E-state index in [0.717, 1.165) is 24.2 Å². The first-order valence-electron chi connectivity index (χ1n) is 7.39. The lowest BCUT2D eigenvalue weighted by Gasteiger charge is -2.23. The van der Waals surface area contributed by atoms with Crippen LogP contribution in [-0.2, 0) is 15.3 Å². The molecule has 0 aliphatic heterocycles. The third-order valence-electron chi connectivity index (χ3n) is 3.40. The molecule has 1 aromatic carbocycles. The number of carbonyl (C=O) groups excluding carboxylic acids is 2. The van der Waals surface area contributed by atoms with Gasteiger partial charge < -0.3 is 15.3 Å². The maximum Gasteiger partial charge on any atom is 0.313 e. The Morgan fingerprint density at radius 1 is 1.45 bits per heavy atom. The quantitative estimate of drug-likeness (QED) is 0.784. The number of benzene rings is 1. The van der Waals surface area contributed by atoms with Gasteiger partial charge in [-0.1, -0.05) is 12.1 Å². The molecule has 1 aliphatic rings. The van der Waals surface area contributed by atoms with Crippen molar-refractivity contribution < 1.29 is 14.7 Å². The maximum atomic E-state index is 12.3. The molecule has 0 aromatic heterocycles. The predicted molar refractivity (Wildman–Crippen MR) is 88.7 cm³/mol. The van der Waals surface area contributed by atoms with Crippen molar-refractivity contribution in [2.24, 2.45) is 0 Å². The molecule has 2 amide bonds. The van der Waals surface area contributed by atoms with E-state index in [0.29, 0.717) is 5.69 Å². The highest BCUT2D eigenvalue weighted by Gasteiger charge is 2.36. The fraction of sp³-hybridized carbons (Fsp3) is 0.500. The Balaban J connectivity index is 2.00. The minimum Gasteiger partial charge on any atom is -0.392 e. The molecule has 1 saturated carbocycles. The molecular formula is C16H22N2O3S. The molecule has 0 radical (unpaired) electrons. The van der Waals surface area contributed by atoms with Crippen LogP contribution in [0.5, 0.6) is 0 Å². The highest BCUT2D eigenvalue weighted by molar-refractivity contribution is 7.97. The van der Waals surface area contributed by atoms with E-state index in [1.54, 1.807) is 24.8 Å². The number of nitrogens with zero attached hydrogens (tertiary/aromatic N) is 1. The number of hydrogen-bond donors (Lipinski definition) is 2. The second-order valence-corrected chi connectivity index (χ2v) is 6.49. The number of amides is 2. The molecule has 1 aliphatic carbocycles. The molecule has 0 saturated heterocycles. The molecule has 1 aromatic rings. The van der Waals surface area contributed by atoms with E-state index in [9.17, 15) is 14.7 Å². The van der Waals surface area contributed by atoms with E-state index in [2.05, 4.69) is 5.32 Å². The van der Waals surface area contributed by atoms with Crippen molar-refractivity contribution in [3.8, 4) is 0 Å². The van der Waals surface area contributed by atoms with E-state index in [1.807, 2.05) is 24.5 Å². The van der Waals surface area contributed by atoms with Crippen molar-refractivity contribution in [1.29, 1.82) is 0 Å². The van der Waals surface area contributed by atoms with Gasteiger partial charge in [0.15, 0.2) is 0 Å². The van der Waals surface area contributed by atoms with Crippen LogP contribution in [0.1, 0.15) is 25.3 Å². The van der Waals surface area contributed by atoms with Gasteiger partial charge in [-0.3, -0.25) is 9.59 Å². The highest BCUT2D eigenvalue weighted by Crippen LogP contribution is 2.27. The summed E-state index contributed by atoms with van der Waals surface area (Å²) in [5.41, 5.74) is 1.72. The van der Waals surface area contributed by atoms with Crippen molar-refractivity contribution in [1.82, 2.24) is 4.90 Å². The van der Waals surface area contributed by atoms with Gasteiger partial charge in [-0.25, -0.2) is 0 Å². The number of hydrogen-bond acceptors (Lipinski definition) is 4. The van der Waals surface area contributed by atoms with Crippen LogP contribution in [0.15, 0.2) is 24.3 Å². The summed E-state index contributed by atoms with van der Waals surface area (Å²) in [6.45, 7) is 1.82. The number of thioether (sulfide) groups is 1. The Morgan fingerprint density at radius 3 is 2.77 bits per heavy atom. The minimum absolute atomic E-state index is 0.0932. The zero-order valence-electron chi connectivity index (χ0n) is 12.9. The average molecular weight is 322 g/mol. The summed E-state index contributed by atoms with van der Waals surface area (Å²) < 4.78 is 0. The number of rotatable bonds is 6. The smallest absolute Gasteiger partial charge is 0.313 e. The van der Waals surface area contributed by atoms with Gasteiger partial charge in [-0.2, -0.15) is 11.8 Å². The van der Waals surface area contributed by atoms with Gasteiger partial charge in [0, 0.05) is 24.0 Å². The zero-order chi connectivity index (χ0) is 16.1. The Bertz CT molecular complexity index is 544. The van der Waals surface area contributed by atoms with Crippen molar-refractivity contribution in [3.63, 3.8) is 0 Å². The highest BCUT2D eigenvalue weighted by atomic mass is 32.2. The number of nitrogens with one attached hydrogen (secondary N) is 1. The lowest BCUT2D eigenvalue weighted by Crippen LogP contribution is -2.44. The summed E-state index contributed by atoms with van der Waals surface area (Å²) in [4.78, 5) is 25.9. The summed E-state index contributed by atoms with van der Waals surface area (Å²) in [6, 6.07) is 7.58. The molecule has 1 fully saturated rings. The van der Waals surface area contributed by atoms with E-state index in [-0.39, 0.29) is 12.6 Å². The molecule has 0 spiro atoms. The van der Waals surface area contributed by atoms with Crippen molar-refractivity contribution >= 4 is 29.3 Å². The lowest BCUT2D eigenvalue weighted by molar-refractivity contribution is -0.144. The maximum absolute atomic E-state index is 12.3. The third kappa shape index (κ3) is 4.74. The summed E-state index contributed by atoms with van der Waals surface area (Å²) in [5, 5.41) is 12.1. The number of anilines is 1. The van der Waals surface area contributed by atoms with E-state index >= 15 is 0 Å². The SMILES string of the molecule is CSCc1cccc(NC(=O)C(=O)N(CC(C)O)C2CC2)c1. The largest absolute Gasteiger partial charge is 0.392 e. The molecule has 5 nitrogen and oxygen atoms in total. The molecule has 22 heavy (non-hydrogen) atoms. The number of carbonyl (C=O) groups is 2. The first-order valence-corrected chi connectivity index (χ1v) is 8.78. The topological polar surface area (TPSA) is 69.6 Å². The van der Waals surface area contributed by atoms with Crippen LogP contribution in [-0.4, -0.2) is 46.8 Å². The third-order valence-corrected chi connectivity index (χ3v) is 4.02. The molecular weight excluding hydrogens is 300 g/mol. The normalized spacial score (nSPS) is 15.2. The van der Waals surface area contributed by atoms with Crippen LogP contribution in [0.2, 0.25) is 0 Å².